The number of nitrogens with zero attached hydrogens (tertiary/aromatic N) is 1. The predicted octanol–water partition coefficient (Wildman–Crippen LogP) is -0.351. The van der Waals surface area contributed by atoms with Crippen LogP contribution in [-0.4, -0.2) is 44.5 Å². The van der Waals surface area contributed by atoms with Crippen LogP contribution >= 0.6 is 0 Å². The number of amides is 1. The van der Waals surface area contributed by atoms with Gasteiger partial charge in [-0.25, -0.2) is 0 Å². The lowest BCUT2D eigenvalue weighted by Crippen LogP contribution is -2.40. The summed E-state index contributed by atoms with van der Waals surface area (Å²) in [6.45, 7) is 6.35. The number of hydrogen-bond acceptors (Lipinski definition) is 3. The maximum Gasteiger partial charge on any atom is 0.231 e. The quantitative estimate of drug-likeness (QED) is 0.597. The second kappa shape index (κ2) is 5.19. The first kappa shape index (κ1) is 12.4. The molecule has 0 radical (unpaired) electrons. The molecular weight excluding hydrogens is 166 g/mol. The number of hydrogen-bond donors (Lipinski definition) is 2. The standard InChI is InChI=1S/C9H21N3O/c1-9(2,7-12(3)4)6-11-5-8(10)13/h11H,5-7H2,1-4H3,(H2,10,13). The number of carbonyl (C=O) groups excluding carboxylic acids is 1. The van der Waals surface area contributed by atoms with Crippen molar-refractivity contribution in [3.8, 4) is 0 Å². The zero-order valence-electron chi connectivity index (χ0n) is 9.05. The van der Waals surface area contributed by atoms with Crippen molar-refractivity contribution in [2.45, 2.75) is 13.8 Å². The predicted molar refractivity (Wildman–Crippen MR) is 54.4 cm³/mol. The molecule has 4 nitrogen and oxygen atoms in total. The number of carbonyl (C=O) groups is 1. The summed E-state index contributed by atoms with van der Waals surface area (Å²) in [5.41, 5.74) is 5.18. The fourth-order valence-corrected chi connectivity index (χ4v) is 1.44. The maximum atomic E-state index is 10.5. The van der Waals surface area contributed by atoms with Crippen LogP contribution in [0.15, 0.2) is 0 Å². The average molecular weight is 187 g/mol. The molecule has 78 valence electrons. The highest BCUT2D eigenvalue weighted by molar-refractivity contribution is 5.75. The zero-order valence-corrected chi connectivity index (χ0v) is 9.05. The third kappa shape index (κ3) is 7.74. The van der Waals surface area contributed by atoms with Gasteiger partial charge < -0.3 is 16.0 Å². The van der Waals surface area contributed by atoms with Crippen molar-refractivity contribution >= 4 is 5.91 Å². The molecule has 0 aliphatic heterocycles. The lowest BCUT2D eigenvalue weighted by Gasteiger charge is -2.28. The Hall–Kier alpha value is -0.610. The highest BCUT2D eigenvalue weighted by Crippen LogP contribution is 2.13. The van der Waals surface area contributed by atoms with Gasteiger partial charge in [0.05, 0.1) is 6.54 Å². The summed E-state index contributed by atoms with van der Waals surface area (Å²) < 4.78 is 0. The first-order chi connectivity index (χ1) is 5.83. The SMILES string of the molecule is CN(C)CC(C)(C)CNCC(N)=O. The van der Waals surface area contributed by atoms with Crippen molar-refractivity contribution in [2.75, 3.05) is 33.7 Å². The second-order valence-corrected chi connectivity index (χ2v) is 4.47. The first-order valence-electron chi connectivity index (χ1n) is 4.47. The summed E-state index contributed by atoms with van der Waals surface area (Å²) in [7, 11) is 4.08. The van der Waals surface area contributed by atoms with Gasteiger partial charge in [-0.1, -0.05) is 13.8 Å². The molecule has 1 amide bonds. The largest absolute Gasteiger partial charge is 0.369 e. The van der Waals surface area contributed by atoms with Gasteiger partial charge in [-0.3, -0.25) is 4.79 Å². The monoisotopic (exact) mass is 187 g/mol. The molecule has 0 aliphatic carbocycles. The molecule has 3 N–H and O–H groups in total. The van der Waals surface area contributed by atoms with Gasteiger partial charge in [0.2, 0.25) is 5.91 Å². The number of nitrogens with two attached hydrogens (primary N) is 1. The van der Waals surface area contributed by atoms with E-state index in [1.54, 1.807) is 0 Å². The molecule has 0 aromatic carbocycles. The summed E-state index contributed by atoms with van der Waals surface area (Å²) >= 11 is 0. The Morgan fingerprint density at radius 2 is 2.00 bits per heavy atom. The summed E-state index contributed by atoms with van der Waals surface area (Å²) in [4.78, 5) is 12.6. The van der Waals surface area contributed by atoms with Crippen molar-refractivity contribution in [2.24, 2.45) is 11.1 Å². The van der Waals surface area contributed by atoms with Crippen molar-refractivity contribution in [1.29, 1.82) is 0 Å². The minimum Gasteiger partial charge on any atom is -0.369 e. The van der Waals surface area contributed by atoms with Gasteiger partial charge >= 0.3 is 0 Å². The highest BCUT2D eigenvalue weighted by Gasteiger charge is 2.18. The van der Waals surface area contributed by atoms with Crippen LogP contribution in [0.25, 0.3) is 0 Å². The number of nitrogens with one attached hydrogen (secondary N) is 1. The molecule has 0 rings (SSSR count). The summed E-state index contributed by atoms with van der Waals surface area (Å²) in [5.74, 6) is -0.305. The van der Waals surface area contributed by atoms with Gasteiger partial charge in [0.1, 0.15) is 0 Å². The molecule has 4 heteroatoms. The van der Waals surface area contributed by atoms with E-state index >= 15 is 0 Å². The van der Waals surface area contributed by atoms with E-state index in [2.05, 4.69) is 24.1 Å². The van der Waals surface area contributed by atoms with E-state index in [0.29, 0.717) is 0 Å². The first-order valence-corrected chi connectivity index (χ1v) is 4.47. The second-order valence-electron chi connectivity index (χ2n) is 4.47. The average Bonchev–Trinajstić information content (AvgIpc) is 1.81. The van der Waals surface area contributed by atoms with Gasteiger partial charge in [-0.15, -0.1) is 0 Å². The van der Waals surface area contributed by atoms with Gasteiger partial charge in [-0.2, -0.15) is 0 Å². The molecular formula is C9H21N3O. The molecule has 0 atom stereocenters. The van der Waals surface area contributed by atoms with Crippen LogP contribution in [0.5, 0.6) is 0 Å². The van der Waals surface area contributed by atoms with E-state index in [4.69, 9.17) is 5.73 Å². The van der Waals surface area contributed by atoms with E-state index < -0.39 is 0 Å². The van der Waals surface area contributed by atoms with E-state index in [-0.39, 0.29) is 17.9 Å². The Bertz CT molecular complexity index is 166. The topological polar surface area (TPSA) is 58.4 Å². The number of primary amides is 1. The Balaban J connectivity index is 3.68. The molecule has 13 heavy (non-hydrogen) atoms. The van der Waals surface area contributed by atoms with Crippen LogP contribution in [-0.2, 0) is 4.79 Å². The van der Waals surface area contributed by atoms with Gasteiger partial charge in [0.15, 0.2) is 0 Å². The Labute approximate surface area is 80.5 Å². The van der Waals surface area contributed by atoms with Crippen molar-refractivity contribution < 1.29 is 4.79 Å². The normalized spacial score (nSPS) is 12.1. The molecule has 0 bridgehead atoms. The Kier molecular flexibility index (Phi) is 4.95. The molecule has 0 aromatic heterocycles. The van der Waals surface area contributed by atoms with Crippen LogP contribution in [0.4, 0.5) is 0 Å². The van der Waals surface area contributed by atoms with E-state index in [1.165, 1.54) is 0 Å². The van der Waals surface area contributed by atoms with Gasteiger partial charge in [0.25, 0.3) is 0 Å². The van der Waals surface area contributed by atoms with Gasteiger partial charge in [0, 0.05) is 13.1 Å². The highest BCUT2D eigenvalue weighted by atomic mass is 16.1. The number of rotatable bonds is 6. The molecule has 0 saturated heterocycles. The molecule has 0 saturated carbocycles. The smallest absolute Gasteiger partial charge is 0.231 e. The Morgan fingerprint density at radius 3 is 2.38 bits per heavy atom. The summed E-state index contributed by atoms with van der Waals surface area (Å²) in [6.07, 6.45) is 0. The van der Waals surface area contributed by atoms with E-state index in [0.717, 1.165) is 13.1 Å². The van der Waals surface area contributed by atoms with Crippen LogP contribution in [0, 0.1) is 5.41 Å². The van der Waals surface area contributed by atoms with Gasteiger partial charge in [-0.05, 0) is 19.5 Å². The Morgan fingerprint density at radius 1 is 1.46 bits per heavy atom. The molecule has 0 unspecified atom stereocenters. The molecule has 0 aromatic rings. The van der Waals surface area contributed by atoms with Crippen LogP contribution in [0.3, 0.4) is 0 Å². The van der Waals surface area contributed by atoms with Crippen molar-refractivity contribution in [3.05, 3.63) is 0 Å². The zero-order chi connectivity index (χ0) is 10.5. The van der Waals surface area contributed by atoms with E-state index in [9.17, 15) is 4.79 Å². The van der Waals surface area contributed by atoms with Crippen molar-refractivity contribution in [1.82, 2.24) is 10.2 Å². The minimum atomic E-state index is -0.305. The third-order valence-corrected chi connectivity index (χ3v) is 1.65. The summed E-state index contributed by atoms with van der Waals surface area (Å²) in [5, 5.41) is 3.03. The lowest BCUT2D eigenvalue weighted by molar-refractivity contribution is -0.117. The molecule has 0 fully saturated rings. The van der Waals surface area contributed by atoms with Crippen molar-refractivity contribution in [3.63, 3.8) is 0 Å². The fourth-order valence-electron chi connectivity index (χ4n) is 1.44. The third-order valence-electron chi connectivity index (χ3n) is 1.65. The fraction of sp³-hybridized carbons (Fsp3) is 0.889. The molecule has 0 spiro atoms. The van der Waals surface area contributed by atoms with Crippen LogP contribution in [0.1, 0.15) is 13.8 Å². The lowest BCUT2D eigenvalue weighted by atomic mass is 9.93. The summed E-state index contributed by atoms with van der Waals surface area (Å²) in [6, 6.07) is 0. The van der Waals surface area contributed by atoms with Crippen LogP contribution < -0.4 is 11.1 Å². The molecule has 0 heterocycles. The maximum absolute atomic E-state index is 10.5. The van der Waals surface area contributed by atoms with Crippen LogP contribution in [0.2, 0.25) is 0 Å². The van der Waals surface area contributed by atoms with E-state index in [1.807, 2.05) is 14.1 Å². The molecule has 0 aliphatic rings. The minimum absolute atomic E-state index is 0.166.